The topological polar surface area (TPSA) is 24.9 Å². The van der Waals surface area contributed by atoms with Crippen LogP contribution in [0.25, 0.3) is 0 Å². The van der Waals surface area contributed by atoms with E-state index in [2.05, 4.69) is 18.5 Å². The predicted molar refractivity (Wildman–Crippen MR) is 73.4 cm³/mol. The van der Waals surface area contributed by atoms with E-state index < -0.39 is 0 Å². The largest absolute Gasteiger partial charge is 0.310 e. The van der Waals surface area contributed by atoms with Gasteiger partial charge in [-0.1, -0.05) is 6.92 Å². The highest BCUT2D eigenvalue weighted by Crippen LogP contribution is 2.29. The molecule has 1 N–H and O–H groups in total. The summed E-state index contributed by atoms with van der Waals surface area (Å²) in [5, 5.41) is 4.73. The van der Waals surface area contributed by atoms with E-state index in [0.717, 1.165) is 19.0 Å². The zero-order valence-electron chi connectivity index (χ0n) is 10.1. The Morgan fingerprint density at radius 3 is 3.25 bits per heavy atom. The minimum Gasteiger partial charge on any atom is -0.310 e. The zero-order valence-corrected chi connectivity index (χ0v) is 11.7. The summed E-state index contributed by atoms with van der Waals surface area (Å²) in [7, 11) is 0. The second-order valence-electron chi connectivity index (χ2n) is 4.50. The van der Waals surface area contributed by atoms with Gasteiger partial charge in [0.1, 0.15) is 5.01 Å². The summed E-state index contributed by atoms with van der Waals surface area (Å²) in [6.45, 7) is 4.38. The first-order chi connectivity index (χ1) is 7.79. The highest BCUT2D eigenvalue weighted by atomic mass is 32.2. The SMILES string of the molecule is CSCCNCc1nc2c(s1)CC(C)CC2. The van der Waals surface area contributed by atoms with Gasteiger partial charge < -0.3 is 5.32 Å². The van der Waals surface area contributed by atoms with Crippen LogP contribution in [-0.4, -0.2) is 23.5 Å². The average molecular weight is 256 g/mol. The number of aryl methyl sites for hydroxylation is 1. The summed E-state index contributed by atoms with van der Waals surface area (Å²) >= 11 is 3.80. The number of nitrogens with one attached hydrogen (secondary N) is 1. The molecule has 1 atom stereocenters. The number of aromatic nitrogens is 1. The molecule has 1 heterocycles. The number of rotatable bonds is 5. The van der Waals surface area contributed by atoms with Crippen LogP contribution in [0.2, 0.25) is 0 Å². The molecule has 0 bridgehead atoms. The minimum absolute atomic E-state index is 0.852. The van der Waals surface area contributed by atoms with Crippen LogP contribution < -0.4 is 5.32 Å². The van der Waals surface area contributed by atoms with Crippen molar-refractivity contribution in [3.8, 4) is 0 Å². The summed E-state index contributed by atoms with van der Waals surface area (Å²) in [6.07, 6.45) is 5.90. The van der Waals surface area contributed by atoms with E-state index in [1.807, 2.05) is 23.1 Å². The van der Waals surface area contributed by atoms with Crippen molar-refractivity contribution < 1.29 is 0 Å². The standard InChI is InChI=1S/C12H20N2S2/c1-9-3-4-10-11(7-9)16-12(14-10)8-13-5-6-15-2/h9,13H,3-8H2,1-2H3. The minimum atomic E-state index is 0.852. The molecule has 1 aromatic rings. The molecule has 0 spiro atoms. The van der Waals surface area contributed by atoms with E-state index in [1.54, 1.807) is 4.88 Å². The maximum absolute atomic E-state index is 4.73. The second-order valence-corrected chi connectivity index (χ2v) is 6.65. The van der Waals surface area contributed by atoms with Crippen molar-refractivity contribution in [2.75, 3.05) is 18.6 Å². The summed E-state index contributed by atoms with van der Waals surface area (Å²) in [4.78, 5) is 6.27. The Balaban J connectivity index is 1.87. The lowest BCUT2D eigenvalue weighted by atomic mass is 9.93. The highest BCUT2D eigenvalue weighted by molar-refractivity contribution is 7.98. The molecule has 0 radical (unpaired) electrons. The molecule has 2 nitrogen and oxygen atoms in total. The molecule has 1 aromatic heterocycles. The molecule has 0 aliphatic heterocycles. The van der Waals surface area contributed by atoms with Gasteiger partial charge >= 0.3 is 0 Å². The molecule has 1 aliphatic rings. The van der Waals surface area contributed by atoms with Crippen LogP contribution in [-0.2, 0) is 19.4 Å². The monoisotopic (exact) mass is 256 g/mol. The van der Waals surface area contributed by atoms with Crippen molar-refractivity contribution in [3.63, 3.8) is 0 Å². The normalized spacial score (nSPS) is 19.8. The first-order valence-corrected chi connectivity index (χ1v) is 8.17. The fourth-order valence-corrected chi connectivity index (χ4v) is 3.63. The first kappa shape index (κ1) is 12.4. The summed E-state index contributed by atoms with van der Waals surface area (Å²) < 4.78 is 0. The Morgan fingerprint density at radius 2 is 2.44 bits per heavy atom. The fraction of sp³-hybridized carbons (Fsp3) is 0.750. The molecule has 0 saturated carbocycles. The Morgan fingerprint density at radius 1 is 1.56 bits per heavy atom. The van der Waals surface area contributed by atoms with Gasteiger partial charge in [-0.15, -0.1) is 11.3 Å². The van der Waals surface area contributed by atoms with E-state index in [9.17, 15) is 0 Å². The molecule has 0 saturated heterocycles. The van der Waals surface area contributed by atoms with E-state index in [-0.39, 0.29) is 0 Å². The van der Waals surface area contributed by atoms with Crippen LogP contribution in [0.4, 0.5) is 0 Å². The lowest BCUT2D eigenvalue weighted by Crippen LogP contribution is -2.16. The van der Waals surface area contributed by atoms with Crippen LogP contribution in [0.15, 0.2) is 0 Å². The zero-order chi connectivity index (χ0) is 11.4. The van der Waals surface area contributed by atoms with Gasteiger partial charge in [0.25, 0.3) is 0 Å². The van der Waals surface area contributed by atoms with Crippen LogP contribution in [0.1, 0.15) is 28.9 Å². The smallest absolute Gasteiger partial charge is 0.107 e. The Bertz CT molecular complexity index is 336. The van der Waals surface area contributed by atoms with Crippen molar-refractivity contribution in [1.29, 1.82) is 0 Å². The molecule has 2 rings (SSSR count). The highest BCUT2D eigenvalue weighted by Gasteiger charge is 2.19. The molecule has 1 aliphatic carbocycles. The van der Waals surface area contributed by atoms with Crippen LogP contribution >= 0.6 is 23.1 Å². The second kappa shape index (κ2) is 6.03. The number of hydrogen-bond acceptors (Lipinski definition) is 4. The third-order valence-corrected chi connectivity index (χ3v) is 4.72. The van der Waals surface area contributed by atoms with Crippen molar-refractivity contribution in [2.24, 2.45) is 5.92 Å². The molecule has 1 unspecified atom stereocenters. The van der Waals surface area contributed by atoms with Gasteiger partial charge in [-0.2, -0.15) is 11.8 Å². The van der Waals surface area contributed by atoms with Gasteiger partial charge in [-0.25, -0.2) is 4.98 Å². The number of hydrogen-bond donors (Lipinski definition) is 1. The Kier molecular flexibility index (Phi) is 4.67. The van der Waals surface area contributed by atoms with Crippen molar-refractivity contribution in [3.05, 3.63) is 15.6 Å². The number of fused-ring (bicyclic) bond motifs is 1. The maximum atomic E-state index is 4.73. The lowest BCUT2D eigenvalue weighted by molar-refractivity contribution is 0.501. The van der Waals surface area contributed by atoms with E-state index in [4.69, 9.17) is 4.98 Å². The first-order valence-electron chi connectivity index (χ1n) is 5.96. The molecule has 0 amide bonds. The number of nitrogens with zero attached hydrogens (tertiary/aromatic N) is 1. The molecule has 0 aromatic carbocycles. The number of thioether (sulfide) groups is 1. The van der Waals surface area contributed by atoms with Crippen molar-refractivity contribution in [1.82, 2.24) is 10.3 Å². The average Bonchev–Trinajstić information content (AvgIpc) is 2.66. The Labute approximate surface area is 106 Å². The maximum Gasteiger partial charge on any atom is 0.107 e. The molecule has 16 heavy (non-hydrogen) atoms. The van der Waals surface area contributed by atoms with Gasteiger partial charge in [-0.05, 0) is 31.4 Å². The third kappa shape index (κ3) is 3.22. The van der Waals surface area contributed by atoms with Crippen molar-refractivity contribution >= 4 is 23.1 Å². The lowest BCUT2D eigenvalue weighted by Gasteiger charge is -2.15. The van der Waals surface area contributed by atoms with Crippen LogP contribution in [0.5, 0.6) is 0 Å². The van der Waals surface area contributed by atoms with Gasteiger partial charge in [0.15, 0.2) is 0 Å². The fourth-order valence-electron chi connectivity index (χ4n) is 2.04. The Hall–Kier alpha value is -0.0600. The van der Waals surface area contributed by atoms with Crippen LogP contribution in [0, 0.1) is 5.92 Å². The van der Waals surface area contributed by atoms with Crippen LogP contribution in [0.3, 0.4) is 0 Å². The van der Waals surface area contributed by atoms with Crippen molar-refractivity contribution in [2.45, 2.75) is 32.7 Å². The summed E-state index contributed by atoms with van der Waals surface area (Å²) in [5.41, 5.74) is 1.38. The number of thiazole rings is 1. The van der Waals surface area contributed by atoms with Gasteiger partial charge in [0.2, 0.25) is 0 Å². The van der Waals surface area contributed by atoms with E-state index in [0.29, 0.717) is 0 Å². The molecule has 90 valence electrons. The summed E-state index contributed by atoms with van der Waals surface area (Å²) in [5.74, 6) is 2.03. The van der Waals surface area contributed by atoms with Gasteiger partial charge in [0.05, 0.1) is 5.69 Å². The predicted octanol–water partition coefficient (Wildman–Crippen LogP) is 2.72. The van der Waals surface area contributed by atoms with E-state index >= 15 is 0 Å². The molecule has 0 fully saturated rings. The summed E-state index contributed by atoms with van der Waals surface area (Å²) in [6, 6.07) is 0. The molecular weight excluding hydrogens is 236 g/mol. The van der Waals surface area contributed by atoms with E-state index in [1.165, 1.54) is 35.7 Å². The quantitative estimate of drug-likeness (QED) is 0.820. The molecular formula is C12H20N2S2. The van der Waals surface area contributed by atoms with Gasteiger partial charge in [-0.3, -0.25) is 0 Å². The molecule has 4 heteroatoms. The van der Waals surface area contributed by atoms with Gasteiger partial charge in [0, 0.05) is 23.7 Å². The third-order valence-electron chi connectivity index (χ3n) is 2.99.